The summed E-state index contributed by atoms with van der Waals surface area (Å²) in [5.74, 6) is 0. The highest BCUT2D eigenvalue weighted by atomic mass is 127. The Morgan fingerprint density at radius 1 is 1.00 bits per heavy atom. The fourth-order valence-corrected chi connectivity index (χ4v) is 1.73. The molecular formula is C11H9I. The summed E-state index contributed by atoms with van der Waals surface area (Å²) in [7, 11) is 0. The monoisotopic (exact) mass is 268 g/mol. The van der Waals surface area contributed by atoms with E-state index >= 15 is 0 Å². The molecule has 1 heteroatoms. The molecule has 0 aromatic carbocycles. The smallest absolute Gasteiger partial charge is 0.00934 e. The number of halogens is 1. The molecule has 2 aliphatic carbocycles. The van der Waals surface area contributed by atoms with E-state index in [2.05, 4.69) is 65.1 Å². The average Bonchev–Trinajstić information content (AvgIpc) is 2.58. The van der Waals surface area contributed by atoms with Gasteiger partial charge in [-0.15, -0.1) is 0 Å². The van der Waals surface area contributed by atoms with Crippen molar-refractivity contribution in [3.8, 4) is 0 Å². The van der Waals surface area contributed by atoms with E-state index in [1.807, 2.05) is 0 Å². The van der Waals surface area contributed by atoms with Gasteiger partial charge in [0.05, 0.1) is 0 Å². The Hall–Kier alpha value is -0.570. The third-order valence-electron chi connectivity index (χ3n) is 1.99. The largest absolute Gasteiger partial charge is 0.0667 e. The zero-order valence-electron chi connectivity index (χ0n) is 6.63. The van der Waals surface area contributed by atoms with Crippen molar-refractivity contribution in [1.29, 1.82) is 0 Å². The molecule has 0 N–H and O–H groups in total. The number of hydrogen-bond donors (Lipinski definition) is 0. The van der Waals surface area contributed by atoms with Crippen LogP contribution in [0.2, 0.25) is 0 Å². The maximum Gasteiger partial charge on any atom is 0.00934 e. The molecule has 0 fully saturated rings. The topological polar surface area (TPSA) is 0 Å². The van der Waals surface area contributed by atoms with Crippen LogP contribution in [0.25, 0.3) is 0 Å². The van der Waals surface area contributed by atoms with Crippen molar-refractivity contribution in [3.63, 3.8) is 0 Å². The fraction of sp³-hybridized carbons (Fsp3) is 0.0909. The van der Waals surface area contributed by atoms with Gasteiger partial charge in [-0.25, -0.2) is 0 Å². The van der Waals surface area contributed by atoms with E-state index in [0.29, 0.717) is 0 Å². The standard InChI is InChI=1S/C11H9I/c12-11-7-5-10(6-8-11)9-3-1-2-4-9/h1-5,7-8H,6H2. The third-order valence-corrected chi connectivity index (χ3v) is 2.79. The molecule has 0 bridgehead atoms. The van der Waals surface area contributed by atoms with Crippen LogP contribution < -0.4 is 0 Å². The molecule has 2 aliphatic rings. The molecule has 0 atom stereocenters. The first-order valence-corrected chi connectivity index (χ1v) is 5.06. The van der Waals surface area contributed by atoms with E-state index in [9.17, 15) is 0 Å². The second-order valence-corrected chi connectivity index (χ2v) is 4.07. The maximum absolute atomic E-state index is 2.35. The second kappa shape index (κ2) is 3.44. The van der Waals surface area contributed by atoms with Gasteiger partial charge in [0.1, 0.15) is 0 Å². The lowest BCUT2D eigenvalue weighted by atomic mass is 10.0. The molecular weight excluding hydrogens is 259 g/mol. The summed E-state index contributed by atoms with van der Waals surface area (Å²) in [6, 6.07) is 0. The highest BCUT2D eigenvalue weighted by Crippen LogP contribution is 2.24. The minimum absolute atomic E-state index is 1.07. The molecule has 0 heterocycles. The third kappa shape index (κ3) is 1.61. The molecule has 2 rings (SSSR count). The van der Waals surface area contributed by atoms with Crippen molar-refractivity contribution in [2.45, 2.75) is 6.42 Å². The molecule has 0 aromatic rings. The second-order valence-electron chi connectivity index (χ2n) is 2.83. The lowest BCUT2D eigenvalue weighted by Gasteiger charge is -2.06. The van der Waals surface area contributed by atoms with E-state index in [1.165, 1.54) is 14.7 Å². The van der Waals surface area contributed by atoms with E-state index in [-0.39, 0.29) is 0 Å². The van der Waals surface area contributed by atoms with Gasteiger partial charge in [0.25, 0.3) is 0 Å². The molecule has 0 aliphatic heterocycles. The summed E-state index contributed by atoms with van der Waals surface area (Å²) in [6.45, 7) is 0. The predicted octanol–water partition coefficient (Wildman–Crippen LogP) is 3.69. The SMILES string of the molecule is IC1=CCC(=C2C=CC=C2)C=C1. The van der Waals surface area contributed by atoms with E-state index in [4.69, 9.17) is 0 Å². The van der Waals surface area contributed by atoms with Crippen LogP contribution in [-0.2, 0) is 0 Å². The molecule has 60 valence electrons. The van der Waals surface area contributed by atoms with Crippen molar-refractivity contribution < 1.29 is 0 Å². The fourth-order valence-electron chi connectivity index (χ4n) is 1.33. The summed E-state index contributed by atoms with van der Waals surface area (Å²) < 4.78 is 1.34. The highest BCUT2D eigenvalue weighted by molar-refractivity contribution is 14.1. The van der Waals surface area contributed by atoms with Crippen molar-refractivity contribution in [2.75, 3.05) is 0 Å². The van der Waals surface area contributed by atoms with Crippen molar-refractivity contribution in [1.82, 2.24) is 0 Å². The zero-order chi connectivity index (χ0) is 8.39. The van der Waals surface area contributed by atoms with Gasteiger partial charge >= 0.3 is 0 Å². The molecule has 0 saturated carbocycles. The quantitative estimate of drug-likeness (QED) is 0.588. The van der Waals surface area contributed by atoms with Crippen molar-refractivity contribution in [2.24, 2.45) is 0 Å². The summed E-state index contributed by atoms with van der Waals surface area (Å²) in [4.78, 5) is 0. The van der Waals surface area contributed by atoms with Crippen LogP contribution in [0.5, 0.6) is 0 Å². The number of hydrogen-bond acceptors (Lipinski definition) is 0. The predicted molar refractivity (Wildman–Crippen MR) is 61.2 cm³/mol. The van der Waals surface area contributed by atoms with Crippen LogP contribution in [0, 0.1) is 0 Å². The van der Waals surface area contributed by atoms with Gasteiger partial charge in [0.15, 0.2) is 0 Å². The van der Waals surface area contributed by atoms with E-state index in [0.717, 1.165) is 6.42 Å². The molecule has 0 radical (unpaired) electrons. The van der Waals surface area contributed by atoms with Crippen LogP contribution in [-0.4, -0.2) is 0 Å². The molecule has 0 unspecified atom stereocenters. The molecule has 0 saturated heterocycles. The van der Waals surface area contributed by atoms with Crippen LogP contribution in [0.3, 0.4) is 0 Å². The zero-order valence-corrected chi connectivity index (χ0v) is 8.78. The summed E-state index contributed by atoms with van der Waals surface area (Å²) in [5.41, 5.74) is 2.77. The summed E-state index contributed by atoms with van der Waals surface area (Å²) in [5, 5.41) is 0. The van der Waals surface area contributed by atoms with Crippen LogP contribution in [0.1, 0.15) is 6.42 Å². The Kier molecular flexibility index (Phi) is 2.30. The maximum atomic E-state index is 2.35. The van der Waals surface area contributed by atoms with E-state index < -0.39 is 0 Å². The normalized spacial score (nSPS) is 20.6. The number of allylic oxidation sites excluding steroid dienone is 10. The van der Waals surface area contributed by atoms with Crippen LogP contribution in [0.4, 0.5) is 0 Å². The Bertz CT molecular complexity index is 324. The van der Waals surface area contributed by atoms with Gasteiger partial charge in [-0.3, -0.25) is 0 Å². The van der Waals surface area contributed by atoms with Gasteiger partial charge < -0.3 is 0 Å². The van der Waals surface area contributed by atoms with Gasteiger partial charge in [-0.1, -0.05) is 36.5 Å². The minimum atomic E-state index is 1.07. The van der Waals surface area contributed by atoms with E-state index in [1.54, 1.807) is 0 Å². The van der Waals surface area contributed by atoms with Crippen LogP contribution in [0.15, 0.2) is 57.3 Å². The van der Waals surface area contributed by atoms with Crippen molar-refractivity contribution in [3.05, 3.63) is 57.3 Å². The van der Waals surface area contributed by atoms with Crippen molar-refractivity contribution >= 4 is 22.6 Å². The van der Waals surface area contributed by atoms with Gasteiger partial charge in [0, 0.05) is 3.58 Å². The average molecular weight is 268 g/mol. The minimum Gasteiger partial charge on any atom is -0.0667 e. The Labute approximate surface area is 86.2 Å². The van der Waals surface area contributed by atoms with Crippen LogP contribution >= 0.6 is 22.6 Å². The molecule has 0 amide bonds. The molecule has 0 aromatic heterocycles. The Morgan fingerprint density at radius 3 is 2.33 bits per heavy atom. The molecule has 0 nitrogen and oxygen atoms in total. The Morgan fingerprint density at radius 2 is 1.75 bits per heavy atom. The first-order chi connectivity index (χ1) is 5.86. The lowest BCUT2D eigenvalue weighted by molar-refractivity contribution is 1.24. The first kappa shape index (κ1) is 8.05. The summed E-state index contributed by atoms with van der Waals surface area (Å²) in [6.07, 6.45) is 16.2. The van der Waals surface area contributed by atoms with Gasteiger partial charge in [0.2, 0.25) is 0 Å². The molecule has 0 spiro atoms. The number of rotatable bonds is 0. The molecule has 12 heavy (non-hydrogen) atoms. The lowest BCUT2D eigenvalue weighted by Crippen LogP contribution is -1.86. The summed E-state index contributed by atoms with van der Waals surface area (Å²) >= 11 is 2.35. The van der Waals surface area contributed by atoms with Gasteiger partial charge in [-0.05, 0) is 46.2 Å². The highest BCUT2D eigenvalue weighted by Gasteiger charge is 2.03. The van der Waals surface area contributed by atoms with Gasteiger partial charge in [-0.2, -0.15) is 0 Å². The first-order valence-electron chi connectivity index (χ1n) is 3.98. The Balaban J connectivity index is 2.29.